The van der Waals surface area contributed by atoms with E-state index in [4.69, 9.17) is 5.73 Å². The van der Waals surface area contributed by atoms with Crippen molar-refractivity contribution in [2.45, 2.75) is 70.9 Å². The molecule has 2 aliphatic rings. The van der Waals surface area contributed by atoms with Crippen LogP contribution in [0, 0.1) is 11.8 Å². The second-order valence-corrected chi connectivity index (χ2v) is 6.50. The van der Waals surface area contributed by atoms with Crippen molar-refractivity contribution in [1.29, 1.82) is 0 Å². The highest BCUT2D eigenvalue weighted by molar-refractivity contribution is 5.82. The molecule has 0 radical (unpaired) electrons. The van der Waals surface area contributed by atoms with Crippen LogP contribution < -0.4 is 5.73 Å². The molecular formula is C15H28N2O. The summed E-state index contributed by atoms with van der Waals surface area (Å²) in [6, 6.07) is 0.193. The maximum atomic E-state index is 12.4. The van der Waals surface area contributed by atoms with Gasteiger partial charge in [0.05, 0.1) is 6.04 Å². The van der Waals surface area contributed by atoms with Gasteiger partial charge in [0, 0.05) is 12.6 Å². The molecule has 0 spiro atoms. The quantitative estimate of drug-likeness (QED) is 0.817. The summed E-state index contributed by atoms with van der Waals surface area (Å²) in [5.41, 5.74) is 6.04. The fraction of sp³-hybridized carbons (Fsp3) is 0.933. The fourth-order valence-corrected chi connectivity index (χ4v) is 2.93. The lowest BCUT2D eigenvalue weighted by Crippen LogP contribution is -2.49. The third-order valence-electron chi connectivity index (χ3n) is 4.45. The molecule has 1 amide bonds. The second-order valence-electron chi connectivity index (χ2n) is 6.50. The van der Waals surface area contributed by atoms with Gasteiger partial charge < -0.3 is 10.6 Å². The molecule has 3 nitrogen and oxygen atoms in total. The Morgan fingerprint density at radius 1 is 1.17 bits per heavy atom. The van der Waals surface area contributed by atoms with Crippen molar-refractivity contribution in [3.63, 3.8) is 0 Å². The summed E-state index contributed by atoms with van der Waals surface area (Å²) in [6.07, 6.45) is 9.02. The van der Waals surface area contributed by atoms with Gasteiger partial charge in [-0.25, -0.2) is 0 Å². The number of nitrogens with zero attached hydrogens (tertiary/aromatic N) is 1. The van der Waals surface area contributed by atoms with Crippen LogP contribution in [0.25, 0.3) is 0 Å². The van der Waals surface area contributed by atoms with Crippen LogP contribution >= 0.6 is 0 Å². The Balaban J connectivity index is 1.92. The first kappa shape index (κ1) is 13.9. The second kappa shape index (κ2) is 6.05. The zero-order chi connectivity index (χ0) is 13.1. The Hall–Kier alpha value is -0.570. The number of carbonyl (C=O) groups is 1. The maximum absolute atomic E-state index is 12.4. The van der Waals surface area contributed by atoms with E-state index >= 15 is 0 Å². The minimum absolute atomic E-state index is 0.193. The van der Waals surface area contributed by atoms with Crippen molar-refractivity contribution in [3.05, 3.63) is 0 Å². The molecule has 0 saturated heterocycles. The van der Waals surface area contributed by atoms with Gasteiger partial charge in [0.15, 0.2) is 0 Å². The van der Waals surface area contributed by atoms with E-state index in [2.05, 4.69) is 4.90 Å². The van der Waals surface area contributed by atoms with E-state index in [1.54, 1.807) is 0 Å². The molecule has 0 unspecified atom stereocenters. The van der Waals surface area contributed by atoms with Crippen molar-refractivity contribution in [1.82, 2.24) is 4.90 Å². The number of carbonyl (C=O) groups excluding carboxylic acids is 1. The number of hydrogen-bond acceptors (Lipinski definition) is 2. The third kappa shape index (κ3) is 3.47. The molecule has 2 N–H and O–H groups in total. The zero-order valence-corrected chi connectivity index (χ0v) is 11.9. The van der Waals surface area contributed by atoms with Crippen LogP contribution in [0.3, 0.4) is 0 Å². The molecule has 0 aliphatic heterocycles. The molecule has 104 valence electrons. The van der Waals surface area contributed by atoms with E-state index in [0.29, 0.717) is 6.04 Å². The first-order chi connectivity index (χ1) is 8.59. The molecule has 0 heterocycles. The smallest absolute Gasteiger partial charge is 0.240 e. The average molecular weight is 252 g/mol. The Labute approximate surface area is 111 Å². The van der Waals surface area contributed by atoms with Gasteiger partial charge in [-0.2, -0.15) is 0 Å². The van der Waals surface area contributed by atoms with E-state index in [1.165, 1.54) is 44.9 Å². The molecular weight excluding hydrogens is 224 g/mol. The minimum Gasteiger partial charge on any atom is -0.338 e. The summed E-state index contributed by atoms with van der Waals surface area (Å²) in [5, 5.41) is 0. The highest BCUT2D eigenvalue weighted by atomic mass is 16.2. The van der Waals surface area contributed by atoms with Gasteiger partial charge in [0.2, 0.25) is 5.91 Å². The Morgan fingerprint density at radius 3 is 2.28 bits per heavy atom. The van der Waals surface area contributed by atoms with Crippen LogP contribution in [-0.2, 0) is 4.79 Å². The standard InChI is InChI=1S/C15H28N2O/c1-11(2)14(16)15(18)17(13-8-9-13)10-12-6-4-3-5-7-12/h11-14H,3-10,16H2,1-2H3/t14-/m0/s1. The van der Waals surface area contributed by atoms with E-state index in [-0.39, 0.29) is 17.9 Å². The highest BCUT2D eigenvalue weighted by Crippen LogP contribution is 2.32. The van der Waals surface area contributed by atoms with Crippen molar-refractivity contribution < 1.29 is 4.79 Å². The van der Waals surface area contributed by atoms with E-state index < -0.39 is 0 Å². The maximum Gasteiger partial charge on any atom is 0.240 e. The van der Waals surface area contributed by atoms with Gasteiger partial charge in [-0.05, 0) is 37.5 Å². The average Bonchev–Trinajstić information content (AvgIpc) is 3.19. The van der Waals surface area contributed by atoms with Gasteiger partial charge in [-0.1, -0.05) is 33.1 Å². The van der Waals surface area contributed by atoms with Gasteiger partial charge in [-0.3, -0.25) is 4.79 Å². The fourth-order valence-electron chi connectivity index (χ4n) is 2.93. The van der Waals surface area contributed by atoms with E-state index in [1.807, 2.05) is 13.8 Å². The van der Waals surface area contributed by atoms with E-state index in [0.717, 1.165) is 12.5 Å². The van der Waals surface area contributed by atoms with Crippen molar-refractivity contribution >= 4 is 5.91 Å². The summed E-state index contributed by atoms with van der Waals surface area (Å²) in [5.74, 6) is 1.16. The first-order valence-electron chi connectivity index (χ1n) is 7.65. The number of nitrogens with two attached hydrogens (primary N) is 1. The van der Waals surface area contributed by atoms with Crippen molar-refractivity contribution in [3.8, 4) is 0 Å². The zero-order valence-electron chi connectivity index (χ0n) is 11.9. The van der Waals surface area contributed by atoms with E-state index in [9.17, 15) is 4.79 Å². The number of rotatable bonds is 5. The van der Waals surface area contributed by atoms with Gasteiger partial charge >= 0.3 is 0 Å². The molecule has 18 heavy (non-hydrogen) atoms. The lowest BCUT2D eigenvalue weighted by Gasteiger charge is -2.32. The normalized spacial score (nSPS) is 23.1. The van der Waals surface area contributed by atoms with Crippen LogP contribution in [-0.4, -0.2) is 29.4 Å². The molecule has 2 fully saturated rings. The van der Waals surface area contributed by atoms with Crippen LogP contribution in [0.15, 0.2) is 0 Å². The predicted molar refractivity (Wildman–Crippen MR) is 74.1 cm³/mol. The predicted octanol–water partition coefficient (Wildman–Crippen LogP) is 2.54. The Bertz CT molecular complexity index is 280. The molecule has 1 atom stereocenters. The topological polar surface area (TPSA) is 46.3 Å². The highest BCUT2D eigenvalue weighted by Gasteiger charge is 2.36. The van der Waals surface area contributed by atoms with Crippen LogP contribution in [0.5, 0.6) is 0 Å². The summed E-state index contributed by atoms with van der Waals surface area (Å²) in [7, 11) is 0. The number of amides is 1. The lowest BCUT2D eigenvalue weighted by atomic mass is 9.88. The molecule has 0 aromatic heterocycles. The van der Waals surface area contributed by atoms with Crippen LogP contribution in [0.2, 0.25) is 0 Å². The Kier molecular flexibility index (Phi) is 4.66. The molecule has 0 aromatic rings. The van der Waals surface area contributed by atoms with Crippen LogP contribution in [0.4, 0.5) is 0 Å². The lowest BCUT2D eigenvalue weighted by molar-refractivity contribution is -0.135. The van der Waals surface area contributed by atoms with Gasteiger partial charge in [-0.15, -0.1) is 0 Å². The summed E-state index contributed by atoms with van der Waals surface area (Å²) in [6.45, 7) is 5.03. The molecule has 0 aromatic carbocycles. The molecule has 2 aliphatic carbocycles. The molecule has 2 saturated carbocycles. The monoisotopic (exact) mass is 252 g/mol. The summed E-state index contributed by atoms with van der Waals surface area (Å²) in [4.78, 5) is 14.6. The third-order valence-corrected chi connectivity index (χ3v) is 4.45. The molecule has 2 rings (SSSR count). The van der Waals surface area contributed by atoms with Crippen LogP contribution in [0.1, 0.15) is 58.8 Å². The number of hydrogen-bond donors (Lipinski definition) is 1. The molecule has 3 heteroatoms. The SMILES string of the molecule is CC(C)[C@H](N)C(=O)N(CC1CCCCC1)C1CC1. The minimum atomic E-state index is -0.311. The van der Waals surface area contributed by atoms with Crippen molar-refractivity contribution in [2.24, 2.45) is 17.6 Å². The summed E-state index contributed by atoms with van der Waals surface area (Å²) >= 11 is 0. The largest absolute Gasteiger partial charge is 0.338 e. The van der Waals surface area contributed by atoms with Gasteiger partial charge in [0.25, 0.3) is 0 Å². The van der Waals surface area contributed by atoms with Crippen molar-refractivity contribution in [2.75, 3.05) is 6.54 Å². The first-order valence-corrected chi connectivity index (χ1v) is 7.65. The molecule has 0 bridgehead atoms. The Morgan fingerprint density at radius 2 is 1.78 bits per heavy atom. The van der Waals surface area contributed by atoms with Gasteiger partial charge in [0.1, 0.15) is 0 Å². The summed E-state index contributed by atoms with van der Waals surface area (Å²) < 4.78 is 0.